The van der Waals surface area contributed by atoms with Crippen LogP contribution in [0.2, 0.25) is 0 Å². The van der Waals surface area contributed by atoms with Gasteiger partial charge in [-0.3, -0.25) is 19.7 Å². The minimum atomic E-state index is -0.550. The highest BCUT2D eigenvalue weighted by atomic mass is 16.7. The Morgan fingerprint density at radius 1 is 0.915 bits per heavy atom. The summed E-state index contributed by atoms with van der Waals surface area (Å²) in [7, 11) is 1.76. The van der Waals surface area contributed by atoms with Crippen LogP contribution in [-0.2, 0) is 37.0 Å². The maximum absolute atomic E-state index is 12.3. The Hall–Kier alpha value is -3.64. The average Bonchev–Trinajstić information content (AvgIpc) is 3.55. The standard InChI is InChI=1S/C37H47N3O7/c1-45-25-32-11-6-18-40(32)23-33-21-34(28-16-14-26(24-41)15-17-28)47-37(46-33)31-10-5-9-30(20-31)29-8-4-7-27(19-29)22-38-35(42)12-2-3-13-36(43)39-44/h4-5,7-10,14-17,19-20,32-34,37,41,44H,2-3,6,11-13,18,21-25H2,1H3,(H,38,42)(H,39,43)/t32-,33+,34-,37-/m0/s1. The molecule has 4 atom stereocenters. The van der Waals surface area contributed by atoms with Crippen molar-refractivity contribution in [1.82, 2.24) is 15.7 Å². The molecule has 3 aromatic carbocycles. The van der Waals surface area contributed by atoms with E-state index >= 15 is 0 Å². The molecule has 2 amide bonds. The molecule has 252 valence electrons. The number of hydroxylamine groups is 1. The molecular formula is C37H47N3O7. The number of hydrogen-bond acceptors (Lipinski definition) is 8. The van der Waals surface area contributed by atoms with E-state index in [0.29, 0.717) is 31.8 Å². The van der Waals surface area contributed by atoms with E-state index < -0.39 is 12.2 Å². The Morgan fingerprint density at radius 3 is 2.40 bits per heavy atom. The lowest BCUT2D eigenvalue weighted by Crippen LogP contribution is -2.42. The highest BCUT2D eigenvalue weighted by Crippen LogP contribution is 2.39. The number of aliphatic hydroxyl groups is 1. The number of carbonyl (C=O) groups is 2. The molecule has 0 radical (unpaired) electrons. The average molecular weight is 646 g/mol. The number of amides is 2. The number of hydrogen-bond donors (Lipinski definition) is 4. The molecule has 2 aliphatic heterocycles. The summed E-state index contributed by atoms with van der Waals surface area (Å²) in [5, 5.41) is 21.1. The number of unbranched alkanes of at least 4 members (excludes halogenated alkanes) is 1. The second kappa shape index (κ2) is 17.5. The zero-order chi connectivity index (χ0) is 33.0. The summed E-state index contributed by atoms with van der Waals surface area (Å²) >= 11 is 0. The quantitative estimate of drug-likeness (QED) is 0.101. The first-order valence-electron chi connectivity index (χ1n) is 16.6. The summed E-state index contributed by atoms with van der Waals surface area (Å²) in [6.07, 6.45) is 3.89. The van der Waals surface area contributed by atoms with Crippen LogP contribution < -0.4 is 10.8 Å². The van der Waals surface area contributed by atoms with Crippen LogP contribution in [0.3, 0.4) is 0 Å². The van der Waals surface area contributed by atoms with E-state index in [0.717, 1.165) is 72.3 Å². The van der Waals surface area contributed by atoms with Gasteiger partial charge >= 0.3 is 0 Å². The lowest BCUT2D eigenvalue weighted by Gasteiger charge is -2.39. The third-order valence-corrected chi connectivity index (χ3v) is 9.00. The Labute approximate surface area is 277 Å². The molecule has 0 saturated carbocycles. The number of methoxy groups -OCH3 is 1. The minimum Gasteiger partial charge on any atom is -0.392 e. The molecule has 2 aliphatic rings. The zero-order valence-electron chi connectivity index (χ0n) is 27.1. The maximum atomic E-state index is 12.3. The van der Waals surface area contributed by atoms with Crippen LogP contribution >= 0.6 is 0 Å². The molecule has 2 saturated heterocycles. The topological polar surface area (TPSA) is 130 Å². The minimum absolute atomic E-state index is 0.00374. The molecule has 0 spiro atoms. The van der Waals surface area contributed by atoms with Gasteiger partial charge in [0.05, 0.1) is 25.4 Å². The third kappa shape index (κ3) is 9.93. The van der Waals surface area contributed by atoms with E-state index in [1.807, 2.05) is 48.5 Å². The largest absolute Gasteiger partial charge is 0.392 e. The molecule has 5 rings (SSSR count). The predicted octanol–water partition coefficient (Wildman–Crippen LogP) is 5.18. The van der Waals surface area contributed by atoms with Crippen LogP contribution in [0, 0.1) is 0 Å². The van der Waals surface area contributed by atoms with E-state index in [2.05, 4.69) is 34.5 Å². The third-order valence-electron chi connectivity index (χ3n) is 9.00. The predicted molar refractivity (Wildman–Crippen MR) is 177 cm³/mol. The smallest absolute Gasteiger partial charge is 0.243 e. The number of carbonyl (C=O) groups excluding carboxylic acids is 2. The van der Waals surface area contributed by atoms with E-state index in [1.165, 1.54) is 0 Å². The van der Waals surface area contributed by atoms with E-state index in [-0.39, 0.29) is 31.1 Å². The van der Waals surface area contributed by atoms with Gasteiger partial charge in [-0.05, 0) is 72.2 Å². The second-order valence-corrected chi connectivity index (χ2v) is 12.4. The monoisotopic (exact) mass is 645 g/mol. The van der Waals surface area contributed by atoms with Crippen molar-refractivity contribution in [3.63, 3.8) is 0 Å². The van der Waals surface area contributed by atoms with Gasteiger partial charge in [0.1, 0.15) is 0 Å². The van der Waals surface area contributed by atoms with E-state index in [4.69, 9.17) is 19.4 Å². The molecule has 0 aliphatic carbocycles. The van der Waals surface area contributed by atoms with Crippen molar-refractivity contribution < 1.29 is 34.1 Å². The number of likely N-dealkylation sites (tertiary alicyclic amines) is 1. The lowest BCUT2D eigenvalue weighted by atomic mass is 9.98. The maximum Gasteiger partial charge on any atom is 0.243 e. The van der Waals surface area contributed by atoms with Crippen molar-refractivity contribution in [1.29, 1.82) is 0 Å². The molecule has 0 unspecified atom stereocenters. The van der Waals surface area contributed by atoms with Crippen LogP contribution in [0.5, 0.6) is 0 Å². The molecule has 3 aromatic rings. The van der Waals surface area contributed by atoms with Crippen LogP contribution in [0.4, 0.5) is 0 Å². The Morgan fingerprint density at radius 2 is 1.66 bits per heavy atom. The first-order chi connectivity index (χ1) is 22.9. The molecule has 0 bridgehead atoms. The number of ether oxygens (including phenoxy) is 3. The fourth-order valence-corrected chi connectivity index (χ4v) is 6.45. The lowest BCUT2D eigenvalue weighted by molar-refractivity contribution is -0.253. The summed E-state index contributed by atoms with van der Waals surface area (Å²) < 4.78 is 18.8. The van der Waals surface area contributed by atoms with Crippen molar-refractivity contribution in [3.05, 3.63) is 95.1 Å². The molecule has 4 N–H and O–H groups in total. The molecule has 2 heterocycles. The molecule has 2 fully saturated rings. The van der Waals surface area contributed by atoms with E-state index in [1.54, 1.807) is 12.6 Å². The van der Waals surface area contributed by atoms with Crippen molar-refractivity contribution in [2.24, 2.45) is 0 Å². The molecule has 10 nitrogen and oxygen atoms in total. The van der Waals surface area contributed by atoms with Gasteiger partial charge in [0.25, 0.3) is 0 Å². The first-order valence-corrected chi connectivity index (χ1v) is 16.6. The summed E-state index contributed by atoms with van der Waals surface area (Å²) in [4.78, 5) is 26.0. The zero-order valence-corrected chi connectivity index (χ0v) is 27.1. The van der Waals surface area contributed by atoms with Gasteiger partial charge in [-0.2, -0.15) is 0 Å². The first kappa shape index (κ1) is 34.7. The summed E-state index contributed by atoms with van der Waals surface area (Å²) in [5.41, 5.74) is 7.51. The molecule has 0 aromatic heterocycles. The molecule has 10 heteroatoms. The molecular weight excluding hydrogens is 598 g/mol. The van der Waals surface area contributed by atoms with Crippen molar-refractivity contribution >= 4 is 11.8 Å². The van der Waals surface area contributed by atoms with Gasteiger partial charge in [0.15, 0.2) is 6.29 Å². The fraction of sp³-hybridized carbons (Fsp3) is 0.459. The van der Waals surface area contributed by atoms with Gasteiger partial charge in [-0.15, -0.1) is 0 Å². The summed E-state index contributed by atoms with van der Waals surface area (Å²) in [5.74, 6) is -0.523. The van der Waals surface area contributed by atoms with Gasteiger partial charge in [-0.25, -0.2) is 5.48 Å². The fourth-order valence-electron chi connectivity index (χ4n) is 6.45. The van der Waals surface area contributed by atoms with Gasteiger partial charge in [-0.1, -0.05) is 60.7 Å². The number of nitrogens with one attached hydrogen (secondary N) is 2. The summed E-state index contributed by atoms with van der Waals surface area (Å²) in [6.45, 7) is 2.96. The van der Waals surface area contributed by atoms with Gasteiger partial charge < -0.3 is 24.6 Å². The number of benzene rings is 3. The molecule has 47 heavy (non-hydrogen) atoms. The van der Waals surface area contributed by atoms with Crippen molar-refractivity contribution in [2.45, 2.75) is 82.6 Å². The summed E-state index contributed by atoms with van der Waals surface area (Å²) in [6, 6.07) is 24.7. The van der Waals surface area contributed by atoms with Crippen LogP contribution in [0.25, 0.3) is 11.1 Å². The number of aliphatic hydroxyl groups excluding tert-OH is 1. The van der Waals surface area contributed by atoms with E-state index in [9.17, 15) is 14.7 Å². The van der Waals surface area contributed by atoms with Crippen LogP contribution in [0.1, 0.15) is 79.6 Å². The van der Waals surface area contributed by atoms with Crippen molar-refractivity contribution in [3.8, 4) is 11.1 Å². The number of rotatable bonds is 15. The Kier molecular flexibility index (Phi) is 12.9. The van der Waals surface area contributed by atoms with Gasteiger partial charge in [0.2, 0.25) is 11.8 Å². The highest BCUT2D eigenvalue weighted by Gasteiger charge is 2.35. The van der Waals surface area contributed by atoms with Gasteiger partial charge in [0, 0.05) is 51.1 Å². The van der Waals surface area contributed by atoms with Crippen molar-refractivity contribution in [2.75, 3.05) is 26.8 Å². The second-order valence-electron chi connectivity index (χ2n) is 12.4. The Bertz CT molecular complexity index is 1450. The normalized spacial score (nSPS) is 21.4. The van der Waals surface area contributed by atoms with Crippen LogP contribution in [0.15, 0.2) is 72.8 Å². The number of nitrogens with zero attached hydrogens (tertiary/aromatic N) is 1. The highest BCUT2D eigenvalue weighted by molar-refractivity contribution is 5.76. The Balaban J connectivity index is 1.27. The SMILES string of the molecule is COC[C@@H]1CCCN1C[C@H]1C[C@@H](c2ccc(CO)cc2)O[C@@H](c2cccc(-c3cccc(CNC(=O)CCCCC(=O)NO)c3)c2)O1. The van der Waals surface area contributed by atoms with Crippen LogP contribution in [-0.4, -0.2) is 66.0 Å².